The molecule has 2 aliphatic heterocycles. The maximum Gasteiger partial charge on any atom is 0.0702 e. The highest BCUT2D eigenvalue weighted by Gasteiger charge is 2.18. The molecule has 2 aliphatic rings. The summed E-state index contributed by atoms with van der Waals surface area (Å²) in [6.07, 6.45) is 4.41. The van der Waals surface area contributed by atoms with Gasteiger partial charge in [0.15, 0.2) is 0 Å². The highest BCUT2D eigenvalue weighted by atomic mass is 35.5. The molecule has 0 saturated carbocycles. The molecule has 92 valence electrons. The topological polar surface area (TPSA) is 24.5 Å². The first-order valence-electron chi connectivity index (χ1n) is 5.50. The summed E-state index contributed by atoms with van der Waals surface area (Å²) < 4.78 is 5.72. The monoisotopic (exact) mass is 256 g/mol. The molecule has 1 atom stereocenters. The quantitative estimate of drug-likeness (QED) is 0.807. The van der Waals surface area contributed by atoms with E-state index < -0.39 is 0 Å². The van der Waals surface area contributed by atoms with Crippen molar-refractivity contribution in [3.8, 4) is 0 Å². The maximum absolute atomic E-state index is 5.72. The lowest BCUT2D eigenvalue weighted by atomic mass is 10.1. The van der Waals surface area contributed by atoms with Crippen molar-refractivity contribution in [3.63, 3.8) is 0 Å². The molecular weight excluding hydrogens is 235 g/mol. The van der Waals surface area contributed by atoms with Crippen LogP contribution in [0.3, 0.4) is 0 Å². The van der Waals surface area contributed by atoms with E-state index in [2.05, 4.69) is 10.2 Å². The summed E-state index contributed by atoms with van der Waals surface area (Å²) in [6.45, 7) is 6.82. The number of nitrogens with one attached hydrogen (secondary N) is 1. The molecule has 5 heteroatoms. The molecule has 0 spiro atoms. The van der Waals surface area contributed by atoms with Crippen molar-refractivity contribution < 1.29 is 4.74 Å². The fraction of sp³-hybridized carbons (Fsp3) is 1.00. The lowest BCUT2D eigenvalue weighted by Crippen LogP contribution is -2.47. The van der Waals surface area contributed by atoms with Crippen molar-refractivity contribution in [2.75, 3.05) is 39.3 Å². The second-order valence-corrected chi connectivity index (χ2v) is 4.04. The number of piperazine rings is 1. The third-order valence-corrected chi connectivity index (χ3v) is 2.95. The van der Waals surface area contributed by atoms with Gasteiger partial charge in [-0.3, -0.25) is 4.90 Å². The first-order valence-corrected chi connectivity index (χ1v) is 5.50. The van der Waals surface area contributed by atoms with Crippen molar-refractivity contribution in [2.24, 2.45) is 0 Å². The minimum absolute atomic E-state index is 0. The molecule has 0 aliphatic carbocycles. The summed E-state index contributed by atoms with van der Waals surface area (Å²) in [6, 6.07) is 0. The first kappa shape index (κ1) is 15.5. The van der Waals surface area contributed by atoms with E-state index >= 15 is 0 Å². The van der Waals surface area contributed by atoms with E-state index in [1.165, 1.54) is 32.4 Å². The smallest absolute Gasteiger partial charge is 0.0702 e. The predicted molar refractivity (Wildman–Crippen MR) is 67.4 cm³/mol. The molecule has 0 bridgehead atoms. The molecular formula is C10H22Cl2N2O. The van der Waals surface area contributed by atoms with E-state index in [-0.39, 0.29) is 24.8 Å². The summed E-state index contributed by atoms with van der Waals surface area (Å²) in [7, 11) is 0. The van der Waals surface area contributed by atoms with E-state index in [1.807, 2.05) is 0 Å². The molecule has 2 heterocycles. The fourth-order valence-corrected chi connectivity index (χ4v) is 2.13. The Morgan fingerprint density at radius 1 is 1.13 bits per heavy atom. The summed E-state index contributed by atoms with van der Waals surface area (Å²) >= 11 is 0. The van der Waals surface area contributed by atoms with E-state index in [1.54, 1.807) is 0 Å². The predicted octanol–water partition coefficient (Wildman–Crippen LogP) is 1.30. The van der Waals surface area contributed by atoms with E-state index in [0.717, 1.165) is 26.2 Å². The molecule has 2 rings (SSSR count). The lowest BCUT2D eigenvalue weighted by Gasteiger charge is -2.32. The van der Waals surface area contributed by atoms with Crippen LogP contribution in [0.5, 0.6) is 0 Å². The molecule has 2 saturated heterocycles. The zero-order valence-corrected chi connectivity index (χ0v) is 10.7. The average molecular weight is 257 g/mol. The Bertz CT molecular complexity index is 132. The molecule has 2 fully saturated rings. The SMILES string of the molecule is C1CCC(CN2CCNCC2)OC1.Cl.Cl. The van der Waals surface area contributed by atoms with E-state index in [4.69, 9.17) is 4.74 Å². The highest BCUT2D eigenvalue weighted by Crippen LogP contribution is 2.13. The van der Waals surface area contributed by atoms with Crippen molar-refractivity contribution >= 4 is 24.8 Å². The zero-order valence-electron chi connectivity index (χ0n) is 9.11. The molecule has 0 aromatic rings. The van der Waals surface area contributed by atoms with E-state index in [0.29, 0.717) is 6.10 Å². The fourth-order valence-electron chi connectivity index (χ4n) is 2.13. The van der Waals surface area contributed by atoms with Gasteiger partial charge in [-0.15, -0.1) is 24.8 Å². The molecule has 0 aromatic heterocycles. The Morgan fingerprint density at radius 3 is 2.47 bits per heavy atom. The molecule has 1 unspecified atom stereocenters. The van der Waals surface area contributed by atoms with Gasteiger partial charge in [0, 0.05) is 39.3 Å². The van der Waals surface area contributed by atoms with Crippen molar-refractivity contribution in [1.29, 1.82) is 0 Å². The van der Waals surface area contributed by atoms with Crippen molar-refractivity contribution in [2.45, 2.75) is 25.4 Å². The molecule has 15 heavy (non-hydrogen) atoms. The van der Waals surface area contributed by atoms with Gasteiger partial charge >= 0.3 is 0 Å². The third kappa shape index (κ3) is 5.36. The Hall–Kier alpha value is 0.460. The molecule has 0 aromatic carbocycles. The van der Waals surface area contributed by atoms with Crippen LogP contribution in [0.15, 0.2) is 0 Å². The lowest BCUT2D eigenvalue weighted by molar-refractivity contribution is -0.00740. The second-order valence-electron chi connectivity index (χ2n) is 4.04. The summed E-state index contributed by atoms with van der Waals surface area (Å²) in [5, 5.41) is 3.37. The number of halogens is 2. The van der Waals surface area contributed by atoms with Crippen LogP contribution in [-0.2, 0) is 4.74 Å². The zero-order chi connectivity index (χ0) is 8.93. The summed E-state index contributed by atoms with van der Waals surface area (Å²) in [4.78, 5) is 2.52. The van der Waals surface area contributed by atoms with Crippen LogP contribution < -0.4 is 5.32 Å². The molecule has 1 N–H and O–H groups in total. The van der Waals surface area contributed by atoms with Gasteiger partial charge in [0.25, 0.3) is 0 Å². The Labute approximate surface area is 105 Å². The number of nitrogens with zero attached hydrogens (tertiary/aromatic N) is 1. The van der Waals surface area contributed by atoms with Crippen LogP contribution >= 0.6 is 24.8 Å². The number of rotatable bonds is 2. The van der Waals surface area contributed by atoms with Gasteiger partial charge in [0.1, 0.15) is 0 Å². The number of hydrogen-bond donors (Lipinski definition) is 1. The van der Waals surface area contributed by atoms with Gasteiger partial charge in [-0.2, -0.15) is 0 Å². The largest absolute Gasteiger partial charge is 0.377 e. The Morgan fingerprint density at radius 2 is 1.87 bits per heavy atom. The van der Waals surface area contributed by atoms with Crippen LogP contribution in [0.25, 0.3) is 0 Å². The van der Waals surface area contributed by atoms with Gasteiger partial charge < -0.3 is 10.1 Å². The Kier molecular flexibility index (Phi) is 8.86. The second kappa shape index (κ2) is 8.59. The van der Waals surface area contributed by atoms with Crippen LogP contribution in [0.1, 0.15) is 19.3 Å². The minimum atomic E-state index is 0. The third-order valence-electron chi connectivity index (χ3n) is 2.95. The van der Waals surface area contributed by atoms with Crippen LogP contribution in [0, 0.1) is 0 Å². The van der Waals surface area contributed by atoms with Gasteiger partial charge in [0.2, 0.25) is 0 Å². The number of ether oxygens (including phenoxy) is 1. The van der Waals surface area contributed by atoms with Gasteiger partial charge in [0.05, 0.1) is 6.10 Å². The standard InChI is InChI=1S/C10H20N2O.2ClH/c1-2-8-13-10(3-1)9-12-6-4-11-5-7-12;;/h10-11H,1-9H2;2*1H. The highest BCUT2D eigenvalue weighted by molar-refractivity contribution is 5.85. The Balaban J connectivity index is 0.000000980. The molecule has 3 nitrogen and oxygen atoms in total. The van der Waals surface area contributed by atoms with Crippen molar-refractivity contribution in [3.05, 3.63) is 0 Å². The van der Waals surface area contributed by atoms with Crippen LogP contribution in [0.2, 0.25) is 0 Å². The van der Waals surface area contributed by atoms with Gasteiger partial charge in [-0.05, 0) is 19.3 Å². The summed E-state index contributed by atoms with van der Waals surface area (Å²) in [5.74, 6) is 0. The van der Waals surface area contributed by atoms with Gasteiger partial charge in [-0.1, -0.05) is 0 Å². The average Bonchev–Trinajstić information content (AvgIpc) is 2.21. The van der Waals surface area contributed by atoms with Crippen LogP contribution in [0.4, 0.5) is 0 Å². The van der Waals surface area contributed by atoms with Crippen molar-refractivity contribution in [1.82, 2.24) is 10.2 Å². The van der Waals surface area contributed by atoms with E-state index in [9.17, 15) is 0 Å². The normalized spacial score (nSPS) is 27.6. The maximum atomic E-state index is 5.72. The molecule has 0 radical (unpaired) electrons. The minimum Gasteiger partial charge on any atom is -0.377 e. The van der Waals surface area contributed by atoms with Gasteiger partial charge in [-0.25, -0.2) is 0 Å². The number of hydrogen-bond acceptors (Lipinski definition) is 3. The first-order chi connectivity index (χ1) is 6.45. The molecule has 0 amide bonds. The van der Waals surface area contributed by atoms with Crippen LogP contribution in [-0.4, -0.2) is 50.3 Å². The summed E-state index contributed by atoms with van der Waals surface area (Å²) in [5.41, 5.74) is 0.